The second-order valence-corrected chi connectivity index (χ2v) is 12.1. The van der Waals surface area contributed by atoms with Gasteiger partial charge in [-0.05, 0) is 43.9 Å². The minimum Gasteiger partial charge on any atom is -0.444 e. The molecule has 0 spiro atoms. The first-order valence-corrected chi connectivity index (χ1v) is 13.0. The van der Waals surface area contributed by atoms with Crippen LogP contribution in [0.4, 0.5) is 4.79 Å². The summed E-state index contributed by atoms with van der Waals surface area (Å²) in [6.07, 6.45) is 0.919. The number of nitriles is 1. The van der Waals surface area contributed by atoms with Crippen LogP contribution in [0.1, 0.15) is 60.2 Å². The number of rotatable bonds is 6. The van der Waals surface area contributed by atoms with E-state index in [1.54, 1.807) is 31.9 Å². The van der Waals surface area contributed by atoms with Crippen molar-refractivity contribution in [3.8, 4) is 6.07 Å². The highest BCUT2D eigenvalue weighted by Crippen LogP contribution is 2.65. The topological polar surface area (TPSA) is 137 Å². The first-order chi connectivity index (χ1) is 17.8. The molecule has 202 valence electrons. The fourth-order valence-electron chi connectivity index (χ4n) is 5.59. The van der Waals surface area contributed by atoms with Crippen LogP contribution in [-0.2, 0) is 14.3 Å². The average molecular weight is 521 g/mol. The van der Waals surface area contributed by atoms with Crippen molar-refractivity contribution in [2.45, 2.75) is 72.2 Å². The Bertz CT molecular complexity index is 1290. The molecule has 2 aromatic rings. The molecule has 1 aromatic heterocycles. The molecule has 38 heavy (non-hydrogen) atoms. The normalized spacial score (nSPS) is 23.2. The van der Waals surface area contributed by atoms with Crippen molar-refractivity contribution in [1.82, 2.24) is 25.7 Å². The van der Waals surface area contributed by atoms with Crippen LogP contribution >= 0.6 is 0 Å². The number of hydrogen-bond donors (Lipinski definition) is 2. The van der Waals surface area contributed by atoms with Gasteiger partial charge in [-0.3, -0.25) is 9.59 Å². The summed E-state index contributed by atoms with van der Waals surface area (Å²) in [6, 6.07) is 6.85. The molecule has 2 fully saturated rings. The van der Waals surface area contributed by atoms with Crippen LogP contribution in [0.5, 0.6) is 0 Å². The van der Waals surface area contributed by atoms with Crippen molar-refractivity contribution in [2.75, 3.05) is 6.54 Å². The van der Waals surface area contributed by atoms with Crippen molar-refractivity contribution in [3.05, 3.63) is 36.2 Å². The Hall–Kier alpha value is -3.74. The molecule has 4 rings (SSSR count). The number of carbonyl (C=O) groups is 3. The van der Waals surface area contributed by atoms with E-state index in [0.717, 1.165) is 10.8 Å². The van der Waals surface area contributed by atoms with Gasteiger partial charge in [0, 0.05) is 17.3 Å². The summed E-state index contributed by atoms with van der Waals surface area (Å²) >= 11 is 0. The fourth-order valence-corrected chi connectivity index (χ4v) is 5.59. The number of nitrogens with zero attached hydrogens (tertiary/aromatic N) is 4. The largest absolute Gasteiger partial charge is 0.444 e. The third-order valence-electron chi connectivity index (χ3n) is 7.65. The quantitative estimate of drug-likeness (QED) is 0.596. The third kappa shape index (κ3) is 5.15. The van der Waals surface area contributed by atoms with Crippen LogP contribution in [0.15, 0.2) is 30.5 Å². The fraction of sp³-hybridized carbons (Fsp3) is 0.571. The van der Waals surface area contributed by atoms with Gasteiger partial charge in [0.05, 0.1) is 12.3 Å². The van der Waals surface area contributed by atoms with Gasteiger partial charge in [0.1, 0.15) is 23.4 Å². The molecule has 0 radical (unpaired) electrons. The number of fused-ring (bicyclic) bond motifs is 2. The van der Waals surface area contributed by atoms with Gasteiger partial charge in [-0.1, -0.05) is 52.0 Å². The van der Waals surface area contributed by atoms with E-state index in [9.17, 15) is 19.6 Å². The predicted molar refractivity (Wildman–Crippen MR) is 140 cm³/mol. The summed E-state index contributed by atoms with van der Waals surface area (Å²) in [6.45, 7) is 13.5. The Kier molecular flexibility index (Phi) is 7.08. The van der Waals surface area contributed by atoms with E-state index in [0.29, 0.717) is 12.2 Å². The SMILES string of the molecule is CC(C)[C@H](NC(=O)OC(C)(C)C)C(=O)N1C[C@H]2[C@@H]([C@H]1C(=O)NC(C#N)c1nncc3ccccc13)C2(C)C. The Labute approximate surface area is 223 Å². The van der Waals surface area contributed by atoms with Crippen LogP contribution in [0.25, 0.3) is 10.8 Å². The Morgan fingerprint density at radius 2 is 1.87 bits per heavy atom. The molecular formula is C28H36N6O4. The highest BCUT2D eigenvalue weighted by Gasteiger charge is 2.69. The van der Waals surface area contributed by atoms with Crippen molar-refractivity contribution >= 4 is 28.7 Å². The summed E-state index contributed by atoms with van der Waals surface area (Å²) < 4.78 is 5.37. The summed E-state index contributed by atoms with van der Waals surface area (Å²) in [5.41, 5.74) is -0.479. The monoisotopic (exact) mass is 520 g/mol. The van der Waals surface area contributed by atoms with Crippen LogP contribution in [0, 0.1) is 34.5 Å². The number of nitrogens with one attached hydrogen (secondary N) is 2. The predicted octanol–water partition coefficient (Wildman–Crippen LogP) is 3.34. The van der Waals surface area contributed by atoms with Gasteiger partial charge >= 0.3 is 6.09 Å². The first-order valence-electron chi connectivity index (χ1n) is 13.0. The van der Waals surface area contributed by atoms with E-state index in [2.05, 4.69) is 40.7 Å². The lowest BCUT2D eigenvalue weighted by atomic mass is 9.97. The number of benzene rings is 1. The van der Waals surface area contributed by atoms with Gasteiger partial charge in [0.15, 0.2) is 6.04 Å². The van der Waals surface area contributed by atoms with Crippen LogP contribution in [-0.4, -0.2) is 57.2 Å². The number of likely N-dealkylation sites (tertiary alicyclic amines) is 1. The minimum absolute atomic E-state index is 0.0567. The van der Waals surface area contributed by atoms with Gasteiger partial charge in [-0.2, -0.15) is 15.5 Å². The molecular weight excluding hydrogens is 484 g/mol. The molecule has 3 amide bonds. The molecule has 1 aliphatic heterocycles. The van der Waals surface area contributed by atoms with E-state index >= 15 is 0 Å². The first kappa shape index (κ1) is 27.3. The maximum absolute atomic E-state index is 13.8. The smallest absolute Gasteiger partial charge is 0.408 e. The number of aromatic nitrogens is 2. The lowest BCUT2D eigenvalue weighted by molar-refractivity contribution is -0.142. The average Bonchev–Trinajstić information content (AvgIpc) is 3.16. The number of hydrogen-bond acceptors (Lipinski definition) is 7. The van der Waals surface area contributed by atoms with Crippen LogP contribution in [0.2, 0.25) is 0 Å². The molecule has 10 nitrogen and oxygen atoms in total. The van der Waals surface area contributed by atoms with Crippen molar-refractivity contribution in [3.63, 3.8) is 0 Å². The van der Waals surface area contributed by atoms with Gasteiger partial charge in [0.2, 0.25) is 11.8 Å². The minimum atomic E-state index is -1.04. The molecule has 2 aliphatic rings. The Morgan fingerprint density at radius 1 is 1.18 bits per heavy atom. The van der Waals surface area contributed by atoms with Crippen LogP contribution in [0.3, 0.4) is 0 Å². The maximum Gasteiger partial charge on any atom is 0.408 e. The lowest BCUT2D eigenvalue weighted by Crippen LogP contribution is -2.57. The summed E-state index contributed by atoms with van der Waals surface area (Å²) in [5.74, 6) is -0.903. The highest BCUT2D eigenvalue weighted by molar-refractivity contribution is 5.94. The van der Waals surface area contributed by atoms with Crippen molar-refractivity contribution in [1.29, 1.82) is 5.26 Å². The molecule has 1 aliphatic carbocycles. The molecule has 10 heteroatoms. The number of alkyl carbamates (subject to hydrolysis) is 1. The molecule has 2 N–H and O–H groups in total. The molecule has 2 heterocycles. The van der Waals surface area contributed by atoms with E-state index in [1.165, 1.54) is 0 Å². The Balaban J connectivity index is 1.58. The van der Waals surface area contributed by atoms with Gasteiger partial charge in [0.25, 0.3) is 0 Å². The molecule has 1 saturated carbocycles. The number of ether oxygens (including phenoxy) is 1. The maximum atomic E-state index is 13.8. The molecule has 1 aromatic carbocycles. The number of amides is 3. The summed E-state index contributed by atoms with van der Waals surface area (Å²) in [7, 11) is 0. The second-order valence-electron chi connectivity index (χ2n) is 12.1. The zero-order valence-corrected chi connectivity index (χ0v) is 23.0. The lowest BCUT2D eigenvalue weighted by Gasteiger charge is -2.34. The van der Waals surface area contributed by atoms with E-state index in [-0.39, 0.29) is 29.1 Å². The number of carbonyl (C=O) groups excluding carboxylic acids is 3. The highest BCUT2D eigenvalue weighted by atomic mass is 16.6. The van der Waals surface area contributed by atoms with E-state index in [4.69, 9.17) is 4.74 Å². The van der Waals surface area contributed by atoms with Gasteiger partial charge in [-0.25, -0.2) is 4.79 Å². The standard InChI is InChI=1S/C28H36N6O4/c1-15(2)21(32-26(37)38-27(3,4)5)25(36)34-14-18-20(28(18,6)7)23(34)24(35)31-19(12-29)22-17-11-9-8-10-16(17)13-30-33-22/h8-11,13,15,18-21,23H,14H2,1-7H3,(H,31,35)(H,32,37)/t18-,19?,20-,21-,23-/m0/s1. The van der Waals surface area contributed by atoms with Gasteiger partial charge < -0.3 is 20.3 Å². The Morgan fingerprint density at radius 3 is 2.50 bits per heavy atom. The summed E-state index contributed by atoms with van der Waals surface area (Å²) in [4.78, 5) is 41.6. The second kappa shape index (κ2) is 9.86. The zero-order chi connectivity index (χ0) is 28.0. The molecule has 5 atom stereocenters. The number of piperidine rings is 1. The van der Waals surface area contributed by atoms with Crippen molar-refractivity contribution in [2.24, 2.45) is 23.2 Å². The third-order valence-corrected chi connectivity index (χ3v) is 7.65. The van der Waals surface area contributed by atoms with Gasteiger partial charge in [-0.15, -0.1) is 0 Å². The molecule has 1 unspecified atom stereocenters. The summed E-state index contributed by atoms with van der Waals surface area (Å²) in [5, 5.41) is 25.2. The molecule has 1 saturated heterocycles. The van der Waals surface area contributed by atoms with E-state index in [1.807, 2.05) is 38.1 Å². The van der Waals surface area contributed by atoms with Crippen molar-refractivity contribution < 1.29 is 19.1 Å². The van der Waals surface area contributed by atoms with E-state index < -0.39 is 35.7 Å². The zero-order valence-electron chi connectivity index (χ0n) is 23.0. The van der Waals surface area contributed by atoms with Crippen LogP contribution < -0.4 is 10.6 Å². The molecule has 0 bridgehead atoms.